The zero-order valence-electron chi connectivity index (χ0n) is 13.8. The number of carbonyl (C=O) groups is 1. The first kappa shape index (κ1) is 18.4. The lowest BCUT2D eigenvalue weighted by molar-refractivity contribution is -0.134. The Morgan fingerprint density at radius 2 is 1.76 bits per heavy atom. The maximum absolute atomic E-state index is 12.2. The fourth-order valence-corrected chi connectivity index (χ4v) is 2.75. The molecule has 1 atom stereocenters. The lowest BCUT2D eigenvalue weighted by Crippen LogP contribution is -2.53. The molecule has 1 rings (SSSR count). The van der Waals surface area contributed by atoms with Gasteiger partial charge in [-0.1, -0.05) is 13.8 Å². The highest BCUT2D eigenvalue weighted by Crippen LogP contribution is 2.09. The van der Waals surface area contributed by atoms with E-state index < -0.39 is 6.04 Å². The highest BCUT2D eigenvalue weighted by Gasteiger charge is 2.24. The minimum Gasteiger partial charge on any atom is -0.396 e. The van der Waals surface area contributed by atoms with Gasteiger partial charge in [0.2, 0.25) is 5.91 Å². The normalized spacial score (nSPS) is 18.2. The van der Waals surface area contributed by atoms with Crippen LogP contribution in [0, 0.1) is 5.92 Å². The van der Waals surface area contributed by atoms with Crippen molar-refractivity contribution in [2.24, 2.45) is 11.7 Å². The third kappa shape index (κ3) is 7.25. The average Bonchev–Trinajstić information content (AvgIpc) is 2.47. The lowest BCUT2D eigenvalue weighted by Gasteiger charge is -2.36. The molecule has 0 radical (unpaired) electrons. The number of unbranched alkanes of at least 4 members (excludes halogenated alkanes) is 1. The van der Waals surface area contributed by atoms with Crippen molar-refractivity contribution in [2.45, 2.75) is 52.0 Å². The molecule has 21 heavy (non-hydrogen) atoms. The maximum Gasteiger partial charge on any atom is 0.239 e. The first-order valence-corrected chi connectivity index (χ1v) is 8.42. The Balaban J connectivity index is 2.20. The van der Waals surface area contributed by atoms with Gasteiger partial charge in [0.1, 0.15) is 0 Å². The van der Waals surface area contributed by atoms with Crippen molar-refractivity contribution in [2.75, 3.05) is 39.3 Å². The summed E-state index contributed by atoms with van der Waals surface area (Å²) in [7, 11) is 0. The first-order chi connectivity index (χ1) is 10.0. The standard InChI is InChI=1S/C16H33N3O2/c1-14(2)6-5-8-18-9-11-19(12-10-18)16(21)15(17)7-3-4-13-20/h14-15,20H,3-13,17H2,1-2H3. The van der Waals surface area contributed by atoms with Crippen LogP contribution in [0.25, 0.3) is 0 Å². The van der Waals surface area contributed by atoms with Crippen molar-refractivity contribution in [1.29, 1.82) is 0 Å². The van der Waals surface area contributed by atoms with Crippen LogP contribution in [0.3, 0.4) is 0 Å². The number of aliphatic hydroxyl groups is 1. The van der Waals surface area contributed by atoms with Gasteiger partial charge in [-0.25, -0.2) is 0 Å². The quantitative estimate of drug-likeness (QED) is 0.625. The van der Waals surface area contributed by atoms with Crippen LogP contribution in [0.15, 0.2) is 0 Å². The van der Waals surface area contributed by atoms with Crippen molar-refractivity contribution in [3.63, 3.8) is 0 Å². The summed E-state index contributed by atoms with van der Waals surface area (Å²) >= 11 is 0. The van der Waals surface area contributed by atoms with E-state index in [-0.39, 0.29) is 12.5 Å². The van der Waals surface area contributed by atoms with Crippen LogP contribution in [-0.2, 0) is 4.79 Å². The molecular weight excluding hydrogens is 266 g/mol. The molecule has 0 spiro atoms. The molecule has 0 aromatic heterocycles. The van der Waals surface area contributed by atoms with Gasteiger partial charge in [-0.3, -0.25) is 9.69 Å². The lowest BCUT2D eigenvalue weighted by atomic mass is 10.1. The molecule has 1 aliphatic heterocycles. The highest BCUT2D eigenvalue weighted by atomic mass is 16.2. The van der Waals surface area contributed by atoms with Gasteiger partial charge in [0.05, 0.1) is 6.04 Å². The second-order valence-corrected chi connectivity index (χ2v) is 6.53. The molecule has 0 aromatic carbocycles. The fourth-order valence-electron chi connectivity index (χ4n) is 2.75. The summed E-state index contributed by atoms with van der Waals surface area (Å²) in [4.78, 5) is 16.6. The van der Waals surface area contributed by atoms with Crippen molar-refractivity contribution >= 4 is 5.91 Å². The molecular formula is C16H33N3O2. The Morgan fingerprint density at radius 3 is 2.33 bits per heavy atom. The number of amides is 1. The molecule has 0 bridgehead atoms. The van der Waals surface area contributed by atoms with Gasteiger partial charge >= 0.3 is 0 Å². The predicted octanol–water partition coefficient (Wildman–Crippen LogP) is 1.06. The second-order valence-electron chi connectivity index (χ2n) is 6.53. The summed E-state index contributed by atoms with van der Waals surface area (Å²) in [5.74, 6) is 0.847. The number of nitrogens with zero attached hydrogens (tertiary/aromatic N) is 2. The number of nitrogens with two attached hydrogens (primary N) is 1. The van der Waals surface area contributed by atoms with Gasteiger partial charge in [-0.05, 0) is 44.6 Å². The minimum atomic E-state index is -0.399. The summed E-state index contributed by atoms with van der Waals surface area (Å²) in [6.07, 6.45) is 4.73. The zero-order valence-corrected chi connectivity index (χ0v) is 13.8. The largest absolute Gasteiger partial charge is 0.396 e. The molecule has 1 heterocycles. The smallest absolute Gasteiger partial charge is 0.239 e. The first-order valence-electron chi connectivity index (χ1n) is 8.42. The van der Waals surface area contributed by atoms with E-state index in [1.165, 1.54) is 12.8 Å². The van der Waals surface area contributed by atoms with Gasteiger partial charge in [0.25, 0.3) is 0 Å². The molecule has 0 saturated carbocycles. The Bertz CT molecular complexity index is 289. The Kier molecular flexibility index (Phi) is 8.88. The molecule has 5 nitrogen and oxygen atoms in total. The minimum absolute atomic E-state index is 0.0785. The number of aliphatic hydroxyl groups excluding tert-OH is 1. The summed E-state index contributed by atoms with van der Waals surface area (Å²) in [6, 6.07) is -0.399. The van der Waals surface area contributed by atoms with Crippen LogP contribution in [-0.4, -0.2) is 66.2 Å². The molecule has 1 fully saturated rings. The van der Waals surface area contributed by atoms with E-state index in [9.17, 15) is 4.79 Å². The van der Waals surface area contributed by atoms with Crippen LogP contribution < -0.4 is 5.73 Å². The molecule has 0 aliphatic carbocycles. The van der Waals surface area contributed by atoms with Gasteiger partial charge in [0, 0.05) is 32.8 Å². The summed E-state index contributed by atoms with van der Waals surface area (Å²) in [5.41, 5.74) is 5.95. The molecule has 0 aromatic rings. The van der Waals surface area contributed by atoms with Gasteiger partial charge in [-0.15, -0.1) is 0 Å². The number of piperazine rings is 1. The molecule has 5 heteroatoms. The van der Waals surface area contributed by atoms with E-state index >= 15 is 0 Å². The monoisotopic (exact) mass is 299 g/mol. The maximum atomic E-state index is 12.2. The Morgan fingerprint density at radius 1 is 1.10 bits per heavy atom. The van der Waals surface area contributed by atoms with Crippen LogP contribution in [0.2, 0.25) is 0 Å². The third-order valence-electron chi connectivity index (χ3n) is 4.18. The van der Waals surface area contributed by atoms with Crippen molar-refractivity contribution in [1.82, 2.24) is 9.80 Å². The van der Waals surface area contributed by atoms with Gasteiger partial charge in [0.15, 0.2) is 0 Å². The number of hydrogen-bond donors (Lipinski definition) is 2. The van der Waals surface area contributed by atoms with E-state index in [1.807, 2.05) is 4.90 Å². The summed E-state index contributed by atoms with van der Waals surface area (Å²) in [6.45, 7) is 9.37. The van der Waals surface area contributed by atoms with Crippen LogP contribution >= 0.6 is 0 Å². The molecule has 1 amide bonds. The second kappa shape index (κ2) is 10.1. The van der Waals surface area contributed by atoms with E-state index in [0.717, 1.165) is 51.5 Å². The van der Waals surface area contributed by atoms with E-state index in [1.54, 1.807) is 0 Å². The van der Waals surface area contributed by atoms with Crippen LogP contribution in [0.4, 0.5) is 0 Å². The number of hydrogen-bond acceptors (Lipinski definition) is 4. The average molecular weight is 299 g/mol. The highest BCUT2D eigenvalue weighted by molar-refractivity contribution is 5.81. The molecule has 1 aliphatic rings. The topological polar surface area (TPSA) is 69.8 Å². The molecule has 124 valence electrons. The van der Waals surface area contributed by atoms with Crippen molar-refractivity contribution < 1.29 is 9.90 Å². The molecule has 1 saturated heterocycles. The zero-order chi connectivity index (χ0) is 15.7. The van der Waals surface area contributed by atoms with Crippen molar-refractivity contribution in [3.8, 4) is 0 Å². The number of rotatable bonds is 9. The SMILES string of the molecule is CC(C)CCCN1CCN(C(=O)C(N)CCCCO)CC1. The summed E-state index contributed by atoms with van der Waals surface area (Å²) < 4.78 is 0. The molecule has 3 N–H and O–H groups in total. The Hall–Kier alpha value is -0.650. The number of carbonyl (C=O) groups excluding carboxylic acids is 1. The molecule has 1 unspecified atom stereocenters. The fraction of sp³-hybridized carbons (Fsp3) is 0.938. The van der Waals surface area contributed by atoms with Crippen LogP contribution in [0.5, 0.6) is 0 Å². The van der Waals surface area contributed by atoms with E-state index in [4.69, 9.17) is 10.8 Å². The third-order valence-corrected chi connectivity index (χ3v) is 4.18. The Labute approximate surface area is 129 Å². The summed E-state index contributed by atoms with van der Waals surface area (Å²) in [5, 5.41) is 8.76. The van der Waals surface area contributed by atoms with Crippen LogP contribution in [0.1, 0.15) is 46.0 Å². The van der Waals surface area contributed by atoms with E-state index in [2.05, 4.69) is 18.7 Å². The van der Waals surface area contributed by atoms with Gasteiger partial charge in [-0.2, -0.15) is 0 Å². The van der Waals surface area contributed by atoms with Gasteiger partial charge < -0.3 is 15.7 Å². The van der Waals surface area contributed by atoms with Crippen molar-refractivity contribution in [3.05, 3.63) is 0 Å². The predicted molar refractivity (Wildman–Crippen MR) is 86.0 cm³/mol. The van der Waals surface area contributed by atoms with E-state index in [0.29, 0.717) is 6.42 Å².